The largest absolute Gasteiger partial charge is 0.493 e. The van der Waals surface area contributed by atoms with Crippen LogP contribution in [-0.2, 0) is 6.42 Å². The number of rotatable bonds is 7. The van der Waals surface area contributed by atoms with Crippen LogP contribution >= 0.6 is 27.3 Å². The third kappa shape index (κ3) is 4.61. The molecule has 0 aliphatic rings. The summed E-state index contributed by atoms with van der Waals surface area (Å²) < 4.78 is 11.8. The number of hydrogen-bond acceptors (Lipinski definition) is 4. The van der Waals surface area contributed by atoms with Gasteiger partial charge in [0.15, 0.2) is 11.5 Å². The lowest BCUT2D eigenvalue weighted by Crippen LogP contribution is -2.25. The highest BCUT2D eigenvalue weighted by Gasteiger charge is 2.14. The third-order valence-corrected chi connectivity index (χ3v) is 5.09. The molecule has 4 nitrogen and oxygen atoms in total. The van der Waals surface area contributed by atoms with Gasteiger partial charge in [-0.2, -0.15) is 0 Å². The Balaban J connectivity index is 2.11. The number of methoxy groups -OCH3 is 2. The van der Waals surface area contributed by atoms with E-state index in [1.54, 1.807) is 37.7 Å². The topological polar surface area (TPSA) is 47.6 Å². The van der Waals surface area contributed by atoms with E-state index >= 15 is 0 Å². The number of carbonyl (C=O) groups is 1. The normalized spacial score (nSPS) is 10.8. The molecular weight excluding hydrogens is 390 g/mol. The molecule has 1 aromatic heterocycles. The zero-order valence-electron chi connectivity index (χ0n) is 13.9. The van der Waals surface area contributed by atoms with E-state index < -0.39 is 0 Å². The highest BCUT2D eigenvalue weighted by molar-refractivity contribution is 9.11. The molecule has 1 aromatic carbocycles. The molecule has 0 saturated carbocycles. The second kappa shape index (κ2) is 8.89. The van der Waals surface area contributed by atoms with E-state index in [1.807, 2.05) is 25.1 Å². The fourth-order valence-electron chi connectivity index (χ4n) is 2.32. The Kier molecular flexibility index (Phi) is 6.87. The van der Waals surface area contributed by atoms with Crippen LogP contribution in [0.4, 0.5) is 0 Å². The summed E-state index contributed by atoms with van der Waals surface area (Å²) in [5.41, 5.74) is 1.36. The maximum atomic E-state index is 12.4. The summed E-state index contributed by atoms with van der Waals surface area (Å²) in [5.74, 6) is 1.04. The summed E-state index contributed by atoms with van der Waals surface area (Å²) in [4.78, 5) is 13.7. The van der Waals surface area contributed by atoms with Gasteiger partial charge in [-0.25, -0.2) is 0 Å². The van der Waals surface area contributed by atoms with Gasteiger partial charge in [0, 0.05) is 22.5 Å². The average Bonchev–Trinajstić information content (AvgIpc) is 2.99. The molecule has 0 aliphatic carbocycles. The molecule has 2 rings (SSSR count). The van der Waals surface area contributed by atoms with Crippen LogP contribution in [-0.4, -0.2) is 26.7 Å². The molecule has 6 heteroatoms. The first-order valence-corrected chi connectivity index (χ1v) is 9.11. The lowest BCUT2D eigenvalue weighted by Gasteiger charge is -2.13. The predicted molar refractivity (Wildman–Crippen MR) is 102 cm³/mol. The minimum absolute atomic E-state index is 0.127. The Morgan fingerprint density at radius 2 is 2.08 bits per heavy atom. The van der Waals surface area contributed by atoms with Gasteiger partial charge in [-0.05, 0) is 53.5 Å². The number of amides is 1. The number of halogens is 1. The number of carbonyl (C=O) groups excluding carboxylic acids is 1. The summed E-state index contributed by atoms with van der Waals surface area (Å²) in [6.07, 6.45) is 4.59. The van der Waals surface area contributed by atoms with E-state index in [4.69, 9.17) is 9.47 Å². The summed E-state index contributed by atoms with van der Waals surface area (Å²) in [6, 6.07) is 7.57. The monoisotopic (exact) mass is 409 g/mol. The molecule has 128 valence electrons. The molecule has 0 spiro atoms. The van der Waals surface area contributed by atoms with Crippen molar-refractivity contribution in [1.82, 2.24) is 5.32 Å². The van der Waals surface area contributed by atoms with Crippen molar-refractivity contribution in [3.8, 4) is 11.5 Å². The second-order valence-electron chi connectivity index (χ2n) is 5.01. The highest BCUT2D eigenvalue weighted by Crippen LogP contribution is 2.33. The molecule has 0 unspecified atom stereocenters. The van der Waals surface area contributed by atoms with E-state index in [0.29, 0.717) is 23.6 Å². The first-order valence-electron chi connectivity index (χ1n) is 7.50. The summed E-state index contributed by atoms with van der Waals surface area (Å²) in [6.45, 7) is 2.50. The summed E-state index contributed by atoms with van der Waals surface area (Å²) in [5, 5.41) is 2.95. The van der Waals surface area contributed by atoms with Gasteiger partial charge in [-0.3, -0.25) is 4.79 Å². The Hall–Kier alpha value is -1.79. The maximum absolute atomic E-state index is 12.4. The number of ether oxygens (including phenoxy) is 2. The van der Waals surface area contributed by atoms with Gasteiger partial charge in [0.1, 0.15) is 0 Å². The van der Waals surface area contributed by atoms with E-state index in [1.165, 1.54) is 4.88 Å². The number of allylic oxidation sites excluding steroid dienone is 1. The van der Waals surface area contributed by atoms with Gasteiger partial charge < -0.3 is 14.8 Å². The standard InChI is InChI=1S/C18H20BrNO3S/c1-4-5-12-10-13(11-15(22-2)17(12)23-3)18(21)20-9-8-14-6-7-16(19)24-14/h4-7,10-11H,8-9H2,1-3H3,(H,20,21)/b5-4+. The Labute approximate surface area is 154 Å². The zero-order valence-corrected chi connectivity index (χ0v) is 16.3. The van der Waals surface area contributed by atoms with Crippen LogP contribution in [0.3, 0.4) is 0 Å². The average molecular weight is 410 g/mol. The van der Waals surface area contributed by atoms with E-state index in [9.17, 15) is 4.79 Å². The van der Waals surface area contributed by atoms with E-state index in [2.05, 4.69) is 27.3 Å². The number of hydrogen-bond donors (Lipinski definition) is 1. The van der Waals surface area contributed by atoms with Gasteiger partial charge in [0.05, 0.1) is 18.0 Å². The van der Waals surface area contributed by atoms with Crippen LogP contribution in [0.1, 0.15) is 27.7 Å². The first kappa shape index (κ1) is 18.5. The van der Waals surface area contributed by atoms with Crippen molar-refractivity contribution in [3.63, 3.8) is 0 Å². The number of nitrogens with one attached hydrogen (secondary N) is 1. The molecule has 0 saturated heterocycles. The SMILES string of the molecule is C/C=C/c1cc(C(=O)NCCc2ccc(Br)s2)cc(OC)c1OC. The van der Waals surface area contributed by atoms with Crippen LogP contribution in [0.5, 0.6) is 11.5 Å². The van der Waals surface area contributed by atoms with Crippen molar-refractivity contribution in [2.24, 2.45) is 0 Å². The molecule has 1 N–H and O–H groups in total. The Morgan fingerprint density at radius 3 is 2.67 bits per heavy atom. The maximum Gasteiger partial charge on any atom is 0.251 e. The second-order valence-corrected chi connectivity index (χ2v) is 7.56. The molecule has 0 radical (unpaired) electrons. The van der Waals surface area contributed by atoms with Crippen LogP contribution in [0.2, 0.25) is 0 Å². The first-order chi connectivity index (χ1) is 11.6. The molecule has 1 amide bonds. The highest BCUT2D eigenvalue weighted by atomic mass is 79.9. The van der Waals surface area contributed by atoms with E-state index in [-0.39, 0.29) is 5.91 Å². The van der Waals surface area contributed by atoms with Crippen molar-refractivity contribution in [2.75, 3.05) is 20.8 Å². The summed E-state index contributed by atoms with van der Waals surface area (Å²) in [7, 11) is 3.15. The van der Waals surface area contributed by atoms with E-state index in [0.717, 1.165) is 15.8 Å². The number of benzene rings is 1. The van der Waals surface area contributed by atoms with Crippen molar-refractivity contribution in [1.29, 1.82) is 0 Å². The molecule has 0 bridgehead atoms. The Morgan fingerprint density at radius 1 is 1.29 bits per heavy atom. The van der Waals surface area contributed by atoms with Gasteiger partial charge in [-0.1, -0.05) is 12.2 Å². The molecular formula is C18H20BrNO3S. The van der Waals surface area contributed by atoms with Crippen LogP contribution in [0.15, 0.2) is 34.1 Å². The van der Waals surface area contributed by atoms with Gasteiger partial charge in [0.2, 0.25) is 0 Å². The van der Waals surface area contributed by atoms with Gasteiger partial charge in [-0.15, -0.1) is 11.3 Å². The van der Waals surface area contributed by atoms with Crippen molar-refractivity contribution < 1.29 is 14.3 Å². The van der Waals surface area contributed by atoms with Crippen molar-refractivity contribution >= 4 is 39.2 Å². The molecule has 1 heterocycles. The quantitative estimate of drug-likeness (QED) is 0.730. The molecule has 2 aromatic rings. The smallest absolute Gasteiger partial charge is 0.251 e. The minimum atomic E-state index is -0.127. The molecule has 0 atom stereocenters. The molecule has 0 fully saturated rings. The van der Waals surface area contributed by atoms with Crippen LogP contribution < -0.4 is 14.8 Å². The van der Waals surface area contributed by atoms with Crippen LogP contribution in [0, 0.1) is 0 Å². The Bertz CT molecular complexity index is 740. The third-order valence-electron chi connectivity index (χ3n) is 3.40. The lowest BCUT2D eigenvalue weighted by atomic mass is 10.1. The predicted octanol–water partition coefficient (Wildman–Crippen LogP) is 4.53. The summed E-state index contributed by atoms with van der Waals surface area (Å²) >= 11 is 5.12. The fourth-order valence-corrected chi connectivity index (χ4v) is 3.80. The van der Waals surface area contributed by atoms with Crippen LogP contribution in [0.25, 0.3) is 6.08 Å². The van der Waals surface area contributed by atoms with Crippen molar-refractivity contribution in [3.05, 3.63) is 50.1 Å². The van der Waals surface area contributed by atoms with Gasteiger partial charge in [0.25, 0.3) is 5.91 Å². The number of thiophene rings is 1. The minimum Gasteiger partial charge on any atom is -0.493 e. The lowest BCUT2D eigenvalue weighted by molar-refractivity contribution is 0.0953. The molecule has 24 heavy (non-hydrogen) atoms. The molecule has 0 aliphatic heterocycles. The fraction of sp³-hybridized carbons (Fsp3) is 0.278. The van der Waals surface area contributed by atoms with Crippen molar-refractivity contribution in [2.45, 2.75) is 13.3 Å². The zero-order chi connectivity index (χ0) is 17.5. The van der Waals surface area contributed by atoms with Gasteiger partial charge >= 0.3 is 0 Å².